The molecule has 1 saturated carbocycles. The van der Waals surface area contributed by atoms with Crippen molar-refractivity contribution in [2.45, 2.75) is 63.2 Å². The standard InChI is InChI=1S/C41H41N9O4/c42-37-35-36(25-6-9-31(10-7-25)54-30-4-2-1-3-5-30)46-50(38(35)44-24-43-37)27-14-16-41(17-15-27)22-48(23-41)29-20-47(21-29)28-8-11-32-26(18-28)19-49(40(32)53)33-12-13-34(51)45-39(33)52/h1-11,18,24,27,29,33H,12-17,19-23H2,(H2,42,43,44)(H,45,51,52). The Kier molecular flexibility index (Phi) is 7.68. The number of nitrogens with one attached hydrogen (secondary N) is 1. The fourth-order valence-corrected chi connectivity index (χ4v) is 9.26. The molecule has 5 aromatic rings. The molecule has 13 heteroatoms. The quantitative estimate of drug-likeness (QED) is 0.221. The zero-order valence-corrected chi connectivity index (χ0v) is 29.9. The molecule has 10 rings (SSSR count). The minimum absolute atomic E-state index is 0.133. The zero-order chi connectivity index (χ0) is 36.6. The number of carbonyl (C=O) groups is 3. The number of benzene rings is 3. The maximum absolute atomic E-state index is 13.1. The molecule has 3 N–H and O–H groups in total. The smallest absolute Gasteiger partial charge is 0.255 e. The lowest BCUT2D eigenvalue weighted by atomic mass is 9.66. The van der Waals surface area contributed by atoms with Gasteiger partial charge in [0.15, 0.2) is 5.65 Å². The second-order valence-corrected chi connectivity index (χ2v) is 15.6. The molecule has 5 aliphatic rings. The highest BCUT2D eigenvalue weighted by atomic mass is 16.5. The molecular weight excluding hydrogens is 683 g/mol. The summed E-state index contributed by atoms with van der Waals surface area (Å²) in [5, 5.41) is 8.31. The molecule has 54 heavy (non-hydrogen) atoms. The topological polar surface area (TPSA) is 152 Å². The van der Waals surface area contributed by atoms with E-state index in [2.05, 4.69) is 35.8 Å². The van der Waals surface area contributed by atoms with Crippen molar-refractivity contribution in [3.05, 3.63) is 90.3 Å². The van der Waals surface area contributed by atoms with E-state index in [4.69, 9.17) is 15.6 Å². The maximum atomic E-state index is 13.1. The number of nitrogens with zero attached hydrogens (tertiary/aromatic N) is 7. The number of fused-ring (bicyclic) bond motifs is 2. The van der Waals surface area contributed by atoms with E-state index in [1.807, 2.05) is 66.7 Å². The molecule has 1 aliphatic carbocycles. The first-order valence-electron chi connectivity index (χ1n) is 18.9. The van der Waals surface area contributed by atoms with Crippen LogP contribution in [0.5, 0.6) is 11.5 Å². The van der Waals surface area contributed by atoms with Crippen molar-refractivity contribution in [3.63, 3.8) is 0 Å². The summed E-state index contributed by atoms with van der Waals surface area (Å²) in [6.45, 7) is 4.56. The number of carbonyl (C=O) groups excluding carboxylic acids is 3. The average molecular weight is 724 g/mol. The minimum atomic E-state index is -0.595. The Bertz CT molecular complexity index is 2290. The third-order valence-electron chi connectivity index (χ3n) is 12.3. The number of amides is 3. The van der Waals surface area contributed by atoms with Gasteiger partial charge >= 0.3 is 0 Å². The van der Waals surface area contributed by atoms with Crippen LogP contribution in [0.25, 0.3) is 22.3 Å². The number of rotatable bonds is 7. The van der Waals surface area contributed by atoms with E-state index in [0.717, 1.165) is 96.9 Å². The van der Waals surface area contributed by atoms with Crippen LogP contribution in [0.15, 0.2) is 79.1 Å². The number of likely N-dealkylation sites (tertiary alicyclic amines) is 1. The van der Waals surface area contributed by atoms with Gasteiger partial charge in [-0.25, -0.2) is 14.6 Å². The summed E-state index contributed by atoms with van der Waals surface area (Å²) in [5.41, 5.74) is 12.0. The van der Waals surface area contributed by atoms with Gasteiger partial charge in [0.2, 0.25) is 11.8 Å². The molecule has 1 atom stereocenters. The lowest BCUT2D eigenvalue weighted by Crippen LogP contribution is -2.69. The number of nitrogens with two attached hydrogens (primary N) is 1. The number of ether oxygens (including phenoxy) is 1. The first kappa shape index (κ1) is 32.8. The highest BCUT2D eigenvalue weighted by Crippen LogP contribution is 2.49. The fourth-order valence-electron chi connectivity index (χ4n) is 9.26. The van der Waals surface area contributed by atoms with Crippen LogP contribution in [-0.2, 0) is 16.1 Å². The van der Waals surface area contributed by atoms with Crippen LogP contribution in [0.1, 0.15) is 60.5 Å². The molecule has 3 amide bonds. The van der Waals surface area contributed by atoms with Gasteiger partial charge < -0.3 is 20.3 Å². The Balaban J connectivity index is 0.757. The van der Waals surface area contributed by atoms with Crippen molar-refractivity contribution in [2.75, 3.05) is 36.8 Å². The van der Waals surface area contributed by atoms with Gasteiger partial charge in [-0.05, 0) is 97.7 Å². The van der Waals surface area contributed by atoms with Crippen molar-refractivity contribution in [2.24, 2.45) is 5.41 Å². The molecule has 3 aromatic carbocycles. The number of para-hydroxylation sites is 1. The molecule has 2 aromatic heterocycles. The van der Waals surface area contributed by atoms with Crippen LogP contribution in [-0.4, -0.2) is 85.5 Å². The molecule has 13 nitrogen and oxygen atoms in total. The Morgan fingerprint density at radius 3 is 2.37 bits per heavy atom. The zero-order valence-electron chi connectivity index (χ0n) is 29.9. The molecule has 0 bridgehead atoms. The molecule has 4 fully saturated rings. The van der Waals surface area contributed by atoms with Gasteiger partial charge in [0.25, 0.3) is 5.91 Å². The first-order chi connectivity index (χ1) is 26.3. The fraction of sp³-hybridized carbons (Fsp3) is 0.366. The normalized spacial score (nSPS) is 21.6. The van der Waals surface area contributed by atoms with Crippen molar-refractivity contribution in [3.8, 4) is 22.8 Å². The molecule has 0 radical (unpaired) electrons. The summed E-state index contributed by atoms with van der Waals surface area (Å²) < 4.78 is 8.10. The van der Waals surface area contributed by atoms with Crippen LogP contribution in [0.2, 0.25) is 0 Å². The Labute approximate surface area is 312 Å². The van der Waals surface area contributed by atoms with E-state index < -0.39 is 6.04 Å². The number of anilines is 2. The van der Waals surface area contributed by atoms with Gasteiger partial charge in [-0.15, -0.1) is 0 Å². The first-order valence-corrected chi connectivity index (χ1v) is 18.9. The summed E-state index contributed by atoms with van der Waals surface area (Å²) >= 11 is 0. The van der Waals surface area contributed by atoms with E-state index in [9.17, 15) is 14.4 Å². The highest BCUT2D eigenvalue weighted by molar-refractivity contribution is 6.05. The molecule has 1 unspecified atom stereocenters. The van der Waals surface area contributed by atoms with Crippen molar-refractivity contribution < 1.29 is 19.1 Å². The Hall–Kier alpha value is -5.82. The van der Waals surface area contributed by atoms with E-state index in [0.29, 0.717) is 35.8 Å². The molecule has 3 saturated heterocycles. The third kappa shape index (κ3) is 5.56. The second-order valence-electron chi connectivity index (χ2n) is 15.6. The van der Waals surface area contributed by atoms with E-state index >= 15 is 0 Å². The SMILES string of the molecule is Nc1ncnc2c1c(-c1ccc(Oc3ccccc3)cc1)nn2C1CCC2(CC1)CN(C1CN(c3ccc4c(c3)CN(C3CCC(=O)NC3=O)C4=O)C1)C2. The minimum Gasteiger partial charge on any atom is -0.457 e. The summed E-state index contributed by atoms with van der Waals surface area (Å²) in [5.74, 6) is 1.19. The third-order valence-corrected chi connectivity index (χ3v) is 12.3. The Morgan fingerprint density at radius 2 is 1.61 bits per heavy atom. The molecule has 274 valence electrons. The number of piperidine rings is 1. The lowest BCUT2D eigenvalue weighted by molar-refractivity contribution is -0.136. The van der Waals surface area contributed by atoms with Crippen molar-refractivity contribution in [1.29, 1.82) is 0 Å². The Morgan fingerprint density at radius 1 is 0.852 bits per heavy atom. The number of hydrogen-bond acceptors (Lipinski definition) is 10. The van der Waals surface area contributed by atoms with Gasteiger partial charge in [-0.2, -0.15) is 5.10 Å². The number of hydrogen-bond donors (Lipinski definition) is 2. The van der Waals surface area contributed by atoms with Crippen LogP contribution in [0.3, 0.4) is 0 Å². The molecule has 4 aliphatic heterocycles. The van der Waals surface area contributed by atoms with E-state index in [1.54, 1.807) is 4.90 Å². The van der Waals surface area contributed by atoms with Gasteiger partial charge in [-0.3, -0.25) is 24.6 Å². The molecule has 1 spiro atoms. The van der Waals surface area contributed by atoms with Crippen molar-refractivity contribution >= 4 is 40.3 Å². The maximum Gasteiger partial charge on any atom is 0.255 e. The van der Waals surface area contributed by atoms with Gasteiger partial charge in [0.05, 0.1) is 11.4 Å². The second kappa shape index (κ2) is 12.7. The largest absolute Gasteiger partial charge is 0.457 e. The summed E-state index contributed by atoms with van der Waals surface area (Å²) in [6, 6.07) is 23.9. The highest BCUT2D eigenvalue weighted by Gasteiger charge is 2.50. The number of imide groups is 1. The monoisotopic (exact) mass is 723 g/mol. The number of nitrogen functional groups attached to an aromatic ring is 1. The van der Waals surface area contributed by atoms with Gasteiger partial charge in [-0.1, -0.05) is 18.2 Å². The van der Waals surface area contributed by atoms with E-state index in [-0.39, 0.29) is 30.2 Å². The van der Waals surface area contributed by atoms with Crippen LogP contribution in [0, 0.1) is 5.41 Å². The van der Waals surface area contributed by atoms with Crippen molar-refractivity contribution in [1.82, 2.24) is 34.9 Å². The predicted octanol–water partition coefficient (Wildman–Crippen LogP) is 4.93. The summed E-state index contributed by atoms with van der Waals surface area (Å²) in [6.07, 6.45) is 6.54. The van der Waals surface area contributed by atoms with Crippen LogP contribution in [0.4, 0.5) is 11.5 Å². The van der Waals surface area contributed by atoms with Gasteiger partial charge in [0, 0.05) is 62.0 Å². The average Bonchev–Trinajstić information content (AvgIpc) is 3.70. The van der Waals surface area contributed by atoms with Gasteiger partial charge in [0.1, 0.15) is 35.4 Å². The summed E-state index contributed by atoms with van der Waals surface area (Å²) in [4.78, 5) is 52.8. The van der Waals surface area contributed by atoms with Crippen LogP contribution >= 0.6 is 0 Å². The predicted molar refractivity (Wildman–Crippen MR) is 202 cm³/mol. The molecule has 6 heterocycles. The summed E-state index contributed by atoms with van der Waals surface area (Å²) in [7, 11) is 0. The number of aromatic nitrogens is 4. The van der Waals surface area contributed by atoms with E-state index in [1.165, 1.54) is 6.33 Å². The molecular formula is C41H41N9O4. The lowest BCUT2D eigenvalue weighted by Gasteiger charge is -2.59. The van der Waals surface area contributed by atoms with Crippen LogP contribution < -0.4 is 20.7 Å².